The molecule has 4 aliphatic carbocycles. The number of halogens is 2. The van der Waals surface area contributed by atoms with E-state index in [0.717, 1.165) is 40.0 Å². The molecule has 0 radical (unpaired) electrons. The Labute approximate surface area is 137 Å². The number of ether oxygens (including phenoxy) is 1. The van der Waals surface area contributed by atoms with Gasteiger partial charge in [0.25, 0.3) is 0 Å². The maximum absolute atomic E-state index is 6.97. The average molecular weight is 325 g/mol. The molecule has 0 heterocycles. The van der Waals surface area contributed by atoms with Crippen molar-refractivity contribution >= 4 is 23.2 Å². The van der Waals surface area contributed by atoms with Crippen LogP contribution in [0.15, 0.2) is 18.2 Å². The Hall–Kier alpha value is -0.400. The number of methoxy groups -OCH3 is 1. The molecule has 1 aromatic rings. The van der Waals surface area contributed by atoms with Crippen LogP contribution >= 0.6 is 23.2 Å². The minimum Gasteiger partial charge on any atom is -0.496 e. The van der Waals surface area contributed by atoms with E-state index in [1.165, 1.54) is 32.1 Å². The molecule has 114 valence electrons. The molecule has 4 fully saturated rings. The maximum Gasteiger partial charge on any atom is 0.123 e. The summed E-state index contributed by atoms with van der Waals surface area (Å²) in [5.41, 5.74) is 1.09. The van der Waals surface area contributed by atoms with Gasteiger partial charge in [0.1, 0.15) is 5.75 Å². The number of benzene rings is 1. The van der Waals surface area contributed by atoms with E-state index >= 15 is 0 Å². The molecular formula is C18H22Cl2O. The van der Waals surface area contributed by atoms with Gasteiger partial charge in [0.15, 0.2) is 0 Å². The molecule has 0 N–H and O–H groups in total. The predicted octanol–water partition coefficient (Wildman–Crippen LogP) is 5.70. The van der Waals surface area contributed by atoms with Gasteiger partial charge in [-0.3, -0.25) is 0 Å². The van der Waals surface area contributed by atoms with Crippen LogP contribution in [0.25, 0.3) is 0 Å². The standard InChI is InChI=1S/C18H22Cl2O/c1-21-16-3-2-14(19)9-15(16)18(20)17-12-5-10-4-11(7-12)8-13(17)6-10/h2-3,9-13,17-18H,4-8H2,1H3. The molecule has 4 bridgehead atoms. The highest BCUT2D eigenvalue weighted by Crippen LogP contribution is 2.61. The van der Waals surface area contributed by atoms with Crippen molar-refractivity contribution in [2.45, 2.75) is 37.5 Å². The van der Waals surface area contributed by atoms with Crippen molar-refractivity contribution in [3.8, 4) is 5.75 Å². The topological polar surface area (TPSA) is 9.23 Å². The van der Waals surface area contributed by atoms with Crippen molar-refractivity contribution in [2.24, 2.45) is 29.6 Å². The van der Waals surface area contributed by atoms with Gasteiger partial charge in [-0.2, -0.15) is 0 Å². The van der Waals surface area contributed by atoms with Crippen LogP contribution < -0.4 is 4.74 Å². The fraction of sp³-hybridized carbons (Fsp3) is 0.667. The van der Waals surface area contributed by atoms with Crippen LogP contribution in [0.4, 0.5) is 0 Å². The molecule has 21 heavy (non-hydrogen) atoms. The van der Waals surface area contributed by atoms with Gasteiger partial charge in [0.2, 0.25) is 0 Å². The van der Waals surface area contributed by atoms with E-state index in [-0.39, 0.29) is 5.38 Å². The number of hydrogen-bond acceptors (Lipinski definition) is 1. The highest BCUT2D eigenvalue weighted by Gasteiger charge is 2.50. The molecular weight excluding hydrogens is 303 g/mol. The Morgan fingerprint density at radius 3 is 2.24 bits per heavy atom. The largest absolute Gasteiger partial charge is 0.496 e. The van der Waals surface area contributed by atoms with Crippen LogP contribution in [0.2, 0.25) is 5.02 Å². The Kier molecular flexibility index (Phi) is 3.62. The molecule has 0 saturated heterocycles. The van der Waals surface area contributed by atoms with E-state index in [4.69, 9.17) is 27.9 Å². The molecule has 4 saturated carbocycles. The molecule has 0 aromatic heterocycles. The SMILES string of the molecule is COc1ccc(Cl)cc1C(Cl)C1C2CC3CC(C2)CC1C3. The van der Waals surface area contributed by atoms with Crippen molar-refractivity contribution in [2.75, 3.05) is 7.11 Å². The fourth-order valence-corrected chi connectivity index (χ4v) is 6.34. The molecule has 5 rings (SSSR count). The van der Waals surface area contributed by atoms with Gasteiger partial charge in [0, 0.05) is 10.6 Å². The highest BCUT2D eigenvalue weighted by atomic mass is 35.5. The molecule has 0 aliphatic heterocycles. The monoisotopic (exact) mass is 324 g/mol. The molecule has 0 spiro atoms. The number of hydrogen-bond donors (Lipinski definition) is 0. The van der Waals surface area contributed by atoms with Crippen LogP contribution in [-0.2, 0) is 0 Å². The van der Waals surface area contributed by atoms with E-state index in [9.17, 15) is 0 Å². The van der Waals surface area contributed by atoms with Crippen LogP contribution in [0.3, 0.4) is 0 Å². The molecule has 3 heteroatoms. The second-order valence-corrected chi connectivity index (χ2v) is 8.20. The highest BCUT2D eigenvalue weighted by molar-refractivity contribution is 6.31. The van der Waals surface area contributed by atoms with Crippen molar-refractivity contribution in [3.05, 3.63) is 28.8 Å². The Balaban J connectivity index is 1.66. The first-order valence-electron chi connectivity index (χ1n) is 8.13. The maximum atomic E-state index is 6.97. The molecule has 1 atom stereocenters. The average Bonchev–Trinajstić information content (AvgIpc) is 2.46. The van der Waals surface area contributed by atoms with Crippen molar-refractivity contribution in [1.82, 2.24) is 0 Å². The van der Waals surface area contributed by atoms with Gasteiger partial charge >= 0.3 is 0 Å². The number of alkyl halides is 1. The van der Waals surface area contributed by atoms with Crippen molar-refractivity contribution < 1.29 is 4.74 Å². The summed E-state index contributed by atoms with van der Waals surface area (Å²) in [7, 11) is 1.72. The molecule has 1 nitrogen and oxygen atoms in total. The molecule has 1 aromatic carbocycles. The third-order valence-electron chi connectivity index (χ3n) is 6.13. The summed E-state index contributed by atoms with van der Waals surface area (Å²) in [5.74, 6) is 5.07. The summed E-state index contributed by atoms with van der Waals surface area (Å²) in [6.07, 6.45) is 7.05. The quantitative estimate of drug-likeness (QED) is 0.648. The molecule has 1 unspecified atom stereocenters. The summed E-state index contributed by atoms with van der Waals surface area (Å²) in [4.78, 5) is 0. The zero-order valence-corrected chi connectivity index (χ0v) is 13.9. The third-order valence-corrected chi connectivity index (χ3v) is 6.89. The normalized spacial score (nSPS) is 38.5. The fourth-order valence-electron chi connectivity index (χ4n) is 5.57. The van der Waals surface area contributed by atoms with Gasteiger partial charge in [-0.1, -0.05) is 11.6 Å². The van der Waals surface area contributed by atoms with Gasteiger partial charge in [-0.25, -0.2) is 0 Å². The van der Waals surface area contributed by atoms with Crippen molar-refractivity contribution in [3.63, 3.8) is 0 Å². The van der Waals surface area contributed by atoms with Gasteiger partial charge in [-0.15, -0.1) is 11.6 Å². The lowest BCUT2D eigenvalue weighted by Crippen LogP contribution is -2.46. The molecule has 0 amide bonds. The smallest absolute Gasteiger partial charge is 0.123 e. The van der Waals surface area contributed by atoms with Crippen molar-refractivity contribution in [1.29, 1.82) is 0 Å². The predicted molar refractivity (Wildman–Crippen MR) is 87.1 cm³/mol. The van der Waals surface area contributed by atoms with Gasteiger partial charge in [-0.05, 0) is 79.9 Å². The van der Waals surface area contributed by atoms with Crippen LogP contribution in [0.5, 0.6) is 5.75 Å². The second kappa shape index (κ2) is 5.35. The second-order valence-electron chi connectivity index (χ2n) is 7.30. The lowest BCUT2D eigenvalue weighted by molar-refractivity contribution is -0.0382. The summed E-state index contributed by atoms with van der Waals surface area (Å²) < 4.78 is 5.52. The van der Waals surface area contributed by atoms with E-state index in [0.29, 0.717) is 5.92 Å². The summed E-state index contributed by atoms with van der Waals surface area (Å²) in [6.45, 7) is 0. The van der Waals surface area contributed by atoms with Crippen LogP contribution in [0, 0.1) is 29.6 Å². The first kappa shape index (κ1) is 14.2. The molecule has 4 aliphatic rings. The summed E-state index contributed by atoms with van der Waals surface area (Å²) in [6, 6.07) is 5.83. The lowest BCUT2D eigenvalue weighted by Gasteiger charge is -2.55. The van der Waals surface area contributed by atoms with E-state index in [1.807, 2.05) is 18.2 Å². The summed E-state index contributed by atoms with van der Waals surface area (Å²) >= 11 is 13.2. The van der Waals surface area contributed by atoms with E-state index in [1.54, 1.807) is 7.11 Å². The Bertz CT molecular complexity index is 514. The van der Waals surface area contributed by atoms with Crippen LogP contribution in [0.1, 0.15) is 43.0 Å². The minimum atomic E-state index is 0.0358. The van der Waals surface area contributed by atoms with Gasteiger partial charge < -0.3 is 4.74 Å². The minimum absolute atomic E-state index is 0.0358. The van der Waals surface area contributed by atoms with E-state index < -0.39 is 0 Å². The zero-order chi connectivity index (χ0) is 14.6. The van der Waals surface area contributed by atoms with Crippen LogP contribution in [-0.4, -0.2) is 7.11 Å². The summed E-state index contributed by atoms with van der Waals surface area (Å²) in [5, 5.41) is 0.786. The van der Waals surface area contributed by atoms with E-state index in [2.05, 4.69) is 0 Å². The Morgan fingerprint density at radius 2 is 1.67 bits per heavy atom. The first-order valence-corrected chi connectivity index (χ1v) is 8.94. The number of rotatable bonds is 3. The van der Waals surface area contributed by atoms with Gasteiger partial charge in [0.05, 0.1) is 12.5 Å². The third kappa shape index (κ3) is 2.37. The lowest BCUT2D eigenvalue weighted by atomic mass is 9.51. The first-order chi connectivity index (χ1) is 10.2. The Morgan fingerprint density at radius 1 is 1.05 bits per heavy atom. The zero-order valence-electron chi connectivity index (χ0n) is 12.4.